The Morgan fingerprint density at radius 2 is 2.18 bits per heavy atom. The van der Waals surface area contributed by atoms with Gasteiger partial charge in [0.15, 0.2) is 6.29 Å². The molecular formula is C24H30BN6O3. The van der Waals surface area contributed by atoms with E-state index in [2.05, 4.69) is 35.7 Å². The molecule has 0 amide bonds. The third-order valence-electron chi connectivity index (χ3n) is 6.67. The lowest BCUT2D eigenvalue weighted by Gasteiger charge is -2.40. The van der Waals surface area contributed by atoms with Gasteiger partial charge in [-0.2, -0.15) is 0 Å². The molecule has 1 unspecified atom stereocenters. The van der Waals surface area contributed by atoms with Crippen molar-refractivity contribution in [3.05, 3.63) is 37.2 Å². The Bertz CT molecular complexity index is 1080. The van der Waals surface area contributed by atoms with Crippen LogP contribution >= 0.6 is 0 Å². The van der Waals surface area contributed by atoms with Crippen molar-refractivity contribution in [1.82, 2.24) is 24.7 Å². The van der Waals surface area contributed by atoms with Crippen LogP contribution in [-0.4, -0.2) is 83.5 Å². The van der Waals surface area contributed by atoms with Gasteiger partial charge in [0.2, 0.25) is 0 Å². The number of anilines is 1. The second kappa shape index (κ2) is 11.1. The summed E-state index contributed by atoms with van der Waals surface area (Å²) in [6.45, 7) is 3.75. The summed E-state index contributed by atoms with van der Waals surface area (Å²) < 4.78 is 11.6. The molecule has 0 aromatic carbocycles. The molecule has 2 atom stereocenters. The summed E-state index contributed by atoms with van der Waals surface area (Å²) in [5.41, 5.74) is 3.97. The summed E-state index contributed by atoms with van der Waals surface area (Å²) in [6.07, 6.45) is 15.0. The molecular weight excluding hydrogens is 431 g/mol. The SMILES string of the molecule is O=C[B]N(CCOC1CCCCO1)[C@H]1CCCN(c2ccnc3[nH]cc(-c4cncnc4)c23)C1. The highest BCUT2D eigenvalue weighted by Gasteiger charge is 2.28. The first-order chi connectivity index (χ1) is 16.8. The summed E-state index contributed by atoms with van der Waals surface area (Å²) in [4.78, 5) is 32.1. The van der Waals surface area contributed by atoms with Gasteiger partial charge in [0, 0.05) is 73.9 Å². The van der Waals surface area contributed by atoms with E-state index in [0.29, 0.717) is 13.2 Å². The Labute approximate surface area is 200 Å². The zero-order valence-corrected chi connectivity index (χ0v) is 19.3. The summed E-state index contributed by atoms with van der Waals surface area (Å²) in [5.74, 6) is 0. The molecule has 3 aromatic heterocycles. The van der Waals surface area contributed by atoms with E-state index in [4.69, 9.17) is 9.47 Å². The van der Waals surface area contributed by atoms with Crippen LogP contribution < -0.4 is 4.90 Å². The number of H-pyrrole nitrogens is 1. The van der Waals surface area contributed by atoms with E-state index in [1.165, 1.54) is 6.33 Å². The van der Waals surface area contributed by atoms with Gasteiger partial charge >= 0.3 is 0 Å². The number of piperidine rings is 1. The van der Waals surface area contributed by atoms with Crippen molar-refractivity contribution in [1.29, 1.82) is 0 Å². The number of ether oxygens (including phenoxy) is 2. The molecule has 2 saturated heterocycles. The standard InChI is InChI=1S/C24H30BN6O3/c32-16-25-31(9-11-34-22-5-1-2-10-33-22)19-4-3-8-30(15-19)21-6-7-28-24-23(21)20(14-29-24)18-12-26-17-27-13-18/h6-7,12-14,16-17,19,22H,1-5,8-11,15H2,(H,28,29)/t19-,22?/m0/s1. The lowest BCUT2D eigenvalue weighted by molar-refractivity contribution is -0.163. The van der Waals surface area contributed by atoms with Crippen molar-refractivity contribution in [2.24, 2.45) is 0 Å². The van der Waals surface area contributed by atoms with E-state index in [1.54, 1.807) is 7.41 Å². The van der Waals surface area contributed by atoms with Gasteiger partial charge in [-0.1, -0.05) is 0 Å². The molecule has 0 bridgehead atoms. The van der Waals surface area contributed by atoms with Gasteiger partial charge in [-0.05, 0) is 38.2 Å². The fraction of sp³-hybridized carbons (Fsp3) is 0.500. The van der Waals surface area contributed by atoms with Crippen molar-refractivity contribution in [3.8, 4) is 11.1 Å². The third-order valence-corrected chi connectivity index (χ3v) is 6.67. The van der Waals surface area contributed by atoms with Crippen LogP contribution in [0.2, 0.25) is 0 Å². The quantitative estimate of drug-likeness (QED) is 0.384. The number of carbonyl (C=O) groups excluding carboxylic acids is 1. The fourth-order valence-electron chi connectivity index (χ4n) is 5.00. The molecule has 1 radical (unpaired) electrons. The second-order valence-electron chi connectivity index (χ2n) is 8.82. The van der Waals surface area contributed by atoms with Crippen molar-refractivity contribution in [2.45, 2.75) is 44.4 Å². The Balaban J connectivity index is 1.32. The minimum absolute atomic E-state index is 0.117. The lowest BCUT2D eigenvalue weighted by atomic mass is 9.88. The van der Waals surface area contributed by atoms with E-state index in [0.717, 1.165) is 85.8 Å². The summed E-state index contributed by atoms with van der Waals surface area (Å²) in [7, 11) is 1.66. The largest absolute Gasteiger partial charge is 0.369 e. The molecule has 2 fully saturated rings. The molecule has 10 heteroatoms. The Morgan fingerprint density at radius 1 is 1.26 bits per heavy atom. The van der Waals surface area contributed by atoms with E-state index < -0.39 is 0 Å². The Kier molecular flexibility index (Phi) is 7.48. The number of aromatic amines is 1. The maximum atomic E-state index is 11.4. The van der Waals surface area contributed by atoms with Crippen LogP contribution in [0.5, 0.6) is 0 Å². The first-order valence-corrected chi connectivity index (χ1v) is 12.1. The zero-order chi connectivity index (χ0) is 23.2. The predicted octanol–water partition coefficient (Wildman–Crippen LogP) is 2.64. The van der Waals surface area contributed by atoms with Crippen molar-refractivity contribution >= 4 is 30.3 Å². The number of nitrogens with one attached hydrogen (secondary N) is 1. The Hall–Kier alpha value is -2.82. The zero-order valence-electron chi connectivity index (χ0n) is 19.3. The van der Waals surface area contributed by atoms with Crippen molar-refractivity contribution in [2.75, 3.05) is 37.7 Å². The third kappa shape index (κ3) is 5.14. The van der Waals surface area contributed by atoms with Gasteiger partial charge in [-0.25, -0.2) is 15.0 Å². The van der Waals surface area contributed by atoms with Crippen LogP contribution in [0.25, 0.3) is 22.2 Å². The first kappa shape index (κ1) is 23.0. The van der Waals surface area contributed by atoms with Gasteiger partial charge < -0.3 is 29.0 Å². The van der Waals surface area contributed by atoms with Gasteiger partial charge in [0.25, 0.3) is 7.41 Å². The van der Waals surface area contributed by atoms with E-state index >= 15 is 0 Å². The van der Waals surface area contributed by atoms with Gasteiger partial charge in [-0.15, -0.1) is 0 Å². The van der Waals surface area contributed by atoms with Gasteiger partial charge in [0.1, 0.15) is 12.0 Å². The Morgan fingerprint density at radius 3 is 3.00 bits per heavy atom. The van der Waals surface area contributed by atoms with Crippen LogP contribution in [0.3, 0.4) is 0 Å². The molecule has 2 aliphatic rings. The van der Waals surface area contributed by atoms with Gasteiger partial charge in [0.05, 0.1) is 18.2 Å². The van der Waals surface area contributed by atoms with Crippen LogP contribution in [0.1, 0.15) is 32.1 Å². The second-order valence-corrected chi connectivity index (χ2v) is 8.82. The molecule has 0 saturated carbocycles. The topological polar surface area (TPSA) is 96.5 Å². The average molecular weight is 461 g/mol. The van der Waals surface area contributed by atoms with Gasteiger partial charge in [-0.3, -0.25) is 0 Å². The molecule has 177 valence electrons. The molecule has 3 aromatic rings. The maximum absolute atomic E-state index is 11.4. The highest BCUT2D eigenvalue weighted by Crippen LogP contribution is 2.35. The molecule has 0 spiro atoms. The predicted molar refractivity (Wildman–Crippen MR) is 131 cm³/mol. The van der Waals surface area contributed by atoms with Crippen LogP contribution in [0.15, 0.2) is 37.2 Å². The number of pyridine rings is 1. The number of carbonyl (C=O) groups is 1. The summed E-state index contributed by atoms with van der Waals surface area (Å²) >= 11 is 0. The van der Waals surface area contributed by atoms with Crippen LogP contribution in [0.4, 0.5) is 5.69 Å². The smallest absolute Gasteiger partial charge is 0.293 e. The van der Waals surface area contributed by atoms with E-state index in [1.807, 2.05) is 24.8 Å². The molecule has 34 heavy (non-hydrogen) atoms. The first-order valence-electron chi connectivity index (χ1n) is 12.1. The van der Waals surface area contributed by atoms with E-state index in [-0.39, 0.29) is 12.3 Å². The van der Waals surface area contributed by atoms with Crippen LogP contribution in [-0.2, 0) is 14.3 Å². The number of fused-ring (bicyclic) bond motifs is 1. The average Bonchev–Trinajstić information content (AvgIpc) is 3.34. The minimum atomic E-state index is -0.117. The highest BCUT2D eigenvalue weighted by atomic mass is 16.7. The van der Waals surface area contributed by atoms with Crippen molar-refractivity contribution in [3.63, 3.8) is 0 Å². The molecule has 0 aliphatic carbocycles. The molecule has 5 rings (SSSR count). The number of rotatable bonds is 9. The van der Waals surface area contributed by atoms with Crippen molar-refractivity contribution < 1.29 is 14.3 Å². The highest BCUT2D eigenvalue weighted by molar-refractivity contribution is 6.64. The fourth-order valence-corrected chi connectivity index (χ4v) is 5.00. The minimum Gasteiger partial charge on any atom is -0.369 e. The molecule has 2 aliphatic heterocycles. The molecule has 1 N–H and O–H groups in total. The number of hydrogen-bond acceptors (Lipinski definition) is 8. The monoisotopic (exact) mass is 461 g/mol. The van der Waals surface area contributed by atoms with Crippen LogP contribution in [0, 0.1) is 0 Å². The maximum Gasteiger partial charge on any atom is 0.293 e. The number of hydrogen-bond donors (Lipinski definition) is 1. The number of aromatic nitrogens is 4. The van der Waals surface area contributed by atoms with E-state index in [9.17, 15) is 4.79 Å². The number of nitrogens with zero attached hydrogens (tertiary/aromatic N) is 5. The molecule has 9 nitrogen and oxygen atoms in total. The molecule has 5 heterocycles. The summed E-state index contributed by atoms with van der Waals surface area (Å²) in [5, 5.41) is 1.07. The normalized spacial score (nSPS) is 21.1. The summed E-state index contributed by atoms with van der Waals surface area (Å²) in [6, 6.07) is 2.30. The lowest BCUT2D eigenvalue weighted by Crippen LogP contribution is -2.51.